The minimum Gasteiger partial charge on any atom is -0.338 e. The molecule has 2 aromatic rings. The van der Waals surface area contributed by atoms with E-state index in [2.05, 4.69) is 29.4 Å². The molecule has 1 aromatic heterocycles. The molecule has 5 heteroatoms. The molecule has 0 bridgehead atoms. The van der Waals surface area contributed by atoms with Crippen LogP contribution in [0.15, 0.2) is 30.5 Å². The lowest BCUT2D eigenvalue weighted by Crippen LogP contribution is -2.37. The van der Waals surface area contributed by atoms with Gasteiger partial charge in [0.2, 0.25) is 5.91 Å². The SMILES string of the molecule is Cc1ccc(CC(=O)N2CCc3nc([C@H]4CCCN4)ncc3C2)cc1. The van der Waals surface area contributed by atoms with Crippen LogP contribution >= 0.6 is 0 Å². The van der Waals surface area contributed by atoms with Gasteiger partial charge in [0.1, 0.15) is 5.82 Å². The highest BCUT2D eigenvalue weighted by molar-refractivity contribution is 5.79. The Balaban J connectivity index is 1.43. The van der Waals surface area contributed by atoms with Gasteiger partial charge in [0.15, 0.2) is 0 Å². The number of rotatable bonds is 3. The van der Waals surface area contributed by atoms with Crippen LogP contribution < -0.4 is 5.32 Å². The van der Waals surface area contributed by atoms with Crippen molar-refractivity contribution >= 4 is 5.91 Å². The zero-order valence-electron chi connectivity index (χ0n) is 14.7. The maximum absolute atomic E-state index is 12.6. The van der Waals surface area contributed by atoms with Crippen molar-refractivity contribution in [3.8, 4) is 0 Å². The third-order valence-electron chi connectivity index (χ3n) is 5.15. The Labute approximate surface area is 148 Å². The third-order valence-corrected chi connectivity index (χ3v) is 5.15. The van der Waals surface area contributed by atoms with E-state index in [0.717, 1.165) is 48.6 Å². The van der Waals surface area contributed by atoms with Crippen LogP contribution in [-0.4, -0.2) is 33.9 Å². The predicted octanol–water partition coefficient (Wildman–Crippen LogP) is 2.34. The first-order valence-electron chi connectivity index (χ1n) is 9.10. The van der Waals surface area contributed by atoms with Gasteiger partial charge in [-0.1, -0.05) is 29.8 Å². The van der Waals surface area contributed by atoms with Crippen LogP contribution in [0.1, 0.15) is 47.1 Å². The fraction of sp³-hybridized carbons (Fsp3) is 0.450. The first kappa shape index (κ1) is 16.2. The number of benzene rings is 1. The Morgan fingerprint density at radius 3 is 2.92 bits per heavy atom. The number of nitrogens with one attached hydrogen (secondary N) is 1. The first-order chi connectivity index (χ1) is 12.2. The number of fused-ring (bicyclic) bond motifs is 1. The minimum atomic E-state index is 0.177. The van der Waals surface area contributed by atoms with Crippen molar-refractivity contribution in [1.29, 1.82) is 0 Å². The molecule has 2 aliphatic rings. The average Bonchev–Trinajstić information content (AvgIpc) is 3.17. The molecule has 0 aliphatic carbocycles. The van der Waals surface area contributed by atoms with Crippen LogP contribution in [0.3, 0.4) is 0 Å². The molecule has 1 atom stereocenters. The summed E-state index contributed by atoms with van der Waals surface area (Å²) in [6, 6.07) is 8.48. The largest absolute Gasteiger partial charge is 0.338 e. The van der Waals surface area contributed by atoms with Crippen molar-refractivity contribution in [3.63, 3.8) is 0 Å². The summed E-state index contributed by atoms with van der Waals surface area (Å²) in [6.45, 7) is 4.47. The fourth-order valence-corrected chi connectivity index (χ4v) is 3.61. The van der Waals surface area contributed by atoms with Gasteiger partial charge in [0.25, 0.3) is 0 Å². The third kappa shape index (κ3) is 3.56. The van der Waals surface area contributed by atoms with E-state index in [1.165, 1.54) is 12.0 Å². The van der Waals surface area contributed by atoms with E-state index in [0.29, 0.717) is 19.0 Å². The molecular formula is C20H24N4O. The van der Waals surface area contributed by atoms with Crippen LogP contribution in [0, 0.1) is 6.92 Å². The Bertz CT molecular complexity index is 766. The van der Waals surface area contributed by atoms with Gasteiger partial charge in [-0.15, -0.1) is 0 Å². The molecule has 5 nitrogen and oxygen atoms in total. The highest BCUT2D eigenvalue weighted by Crippen LogP contribution is 2.23. The van der Waals surface area contributed by atoms with Crippen molar-refractivity contribution in [3.05, 3.63) is 58.7 Å². The molecule has 2 aliphatic heterocycles. The Morgan fingerprint density at radius 1 is 1.32 bits per heavy atom. The van der Waals surface area contributed by atoms with Crippen molar-refractivity contribution in [2.45, 2.75) is 45.2 Å². The maximum atomic E-state index is 12.6. The molecule has 1 N–H and O–H groups in total. The summed E-state index contributed by atoms with van der Waals surface area (Å²) >= 11 is 0. The molecule has 0 saturated carbocycles. The lowest BCUT2D eigenvalue weighted by atomic mass is 10.0. The van der Waals surface area contributed by atoms with Crippen molar-refractivity contribution < 1.29 is 4.79 Å². The zero-order chi connectivity index (χ0) is 17.2. The van der Waals surface area contributed by atoms with E-state index in [1.807, 2.05) is 23.2 Å². The van der Waals surface area contributed by atoms with E-state index in [1.54, 1.807) is 0 Å². The van der Waals surface area contributed by atoms with Crippen LogP contribution in [0.5, 0.6) is 0 Å². The lowest BCUT2D eigenvalue weighted by Gasteiger charge is -2.28. The summed E-state index contributed by atoms with van der Waals surface area (Å²) in [6.07, 6.45) is 5.49. The lowest BCUT2D eigenvalue weighted by molar-refractivity contribution is -0.131. The summed E-state index contributed by atoms with van der Waals surface area (Å²) in [7, 11) is 0. The molecule has 1 amide bonds. The normalized spacial score (nSPS) is 19.7. The predicted molar refractivity (Wildman–Crippen MR) is 96.0 cm³/mol. The van der Waals surface area contributed by atoms with Crippen molar-refractivity contribution in [2.75, 3.05) is 13.1 Å². The molecule has 1 fully saturated rings. The maximum Gasteiger partial charge on any atom is 0.227 e. The van der Waals surface area contributed by atoms with Crippen LogP contribution in [0.25, 0.3) is 0 Å². The highest BCUT2D eigenvalue weighted by Gasteiger charge is 2.25. The topological polar surface area (TPSA) is 58.1 Å². The Kier molecular flexibility index (Phi) is 4.49. The molecule has 1 aromatic carbocycles. The number of aromatic nitrogens is 2. The van der Waals surface area contributed by atoms with Gasteiger partial charge in [0.05, 0.1) is 18.2 Å². The number of hydrogen-bond donors (Lipinski definition) is 1. The molecule has 1 saturated heterocycles. The second kappa shape index (κ2) is 6.92. The van der Waals surface area contributed by atoms with E-state index in [4.69, 9.17) is 4.98 Å². The first-order valence-corrected chi connectivity index (χ1v) is 9.10. The fourth-order valence-electron chi connectivity index (χ4n) is 3.61. The molecule has 3 heterocycles. The number of amides is 1. The zero-order valence-corrected chi connectivity index (χ0v) is 14.7. The molecule has 130 valence electrons. The average molecular weight is 336 g/mol. The van der Waals surface area contributed by atoms with Crippen molar-refractivity contribution in [2.24, 2.45) is 0 Å². The number of carbonyl (C=O) groups excluding carboxylic acids is 1. The second-order valence-corrected chi connectivity index (χ2v) is 7.08. The molecule has 4 rings (SSSR count). The number of carbonyl (C=O) groups is 1. The summed E-state index contributed by atoms with van der Waals surface area (Å²) < 4.78 is 0. The number of aryl methyl sites for hydroxylation is 1. The van der Waals surface area contributed by atoms with Gasteiger partial charge in [-0.25, -0.2) is 9.97 Å². The monoisotopic (exact) mass is 336 g/mol. The van der Waals surface area contributed by atoms with E-state index in [9.17, 15) is 4.79 Å². The van der Waals surface area contributed by atoms with Gasteiger partial charge in [-0.3, -0.25) is 4.79 Å². The molecule has 0 spiro atoms. The van der Waals surface area contributed by atoms with Crippen LogP contribution in [0.2, 0.25) is 0 Å². The summed E-state index contributed by atoms with van der Waals surface area (Å²) in [4.78, 5) is 23.9. The molecule has 25 heavy (non-hydrogen) atoms. The number of nitrogens with zero attached hydrogens (tertiary/aromatic N) is 3. The van der Waals surface area contributed by atoms with Gasteiger partial charge in [-0.2, -0.15) is 0 Å². The highest BCUT2D eigenvalue weighted by atomic mass is 16.2. The van der Waals surface area contributed by atoms with Crippen LogP contribution in [0.4, 0.5) is 0 Å². The minimum absolute atomic E-state index is 0.177. The van der Waals surface area contributed by atoms with E-state index >= 15 is 0 Å². The van der Waals surface area contributed by atoms with E-state index in [-0.39, 0.29) is 5.91 Å². The van der Waals surface area contributed by atoms with Crippen LogP contribution in [-0.2, 0) is 24.2 Å². The van der Waals surface area contributed by atoms with Gasteiger partial charge in [-0.05, 0) is 31.9 Å². The Morgan fingerprint density at radius 2 is 2.16 bits per heavy atom. The number of hydrogen-bond acceptors (Lipinski definition) is 4. The van der Waals surface area contributed by atoms with Gasteiger partial charge in [0, 0.05) is 31.3 Å². The summed E-state index contributed by atoms with van der Waals surface area (Å²) in [5.74, 6) is 1.09. The quantitative estimate of drug-likeness (QED) is 0.935. The second-order valence-electron chi connectivity index (χ2n) is 7.08. The Hall–Kier alpha value is -2.27. The van der Waals surface area contributed by atoms with Gasteiger partial charge >= 0.3 is 0 Å². The summed E-state index contributed by atoms with van der Waals surface area (Å²) in [5.41, 5.74) is 4.48. The smallest absolute Gasteiger partial charge is 0.227 e. The molecule has 0 radical (unpaired) electrons. The van der Waals surface area contributed by atoms with Gasteiger partial charge < -0.3 is 10.2 Å². The standard InChI is InChI=1S/C20H24N4O/c1-14-4-6-15(7-5-14)11-19(25)24-10-8-17-16(13-24)12-22-20(23-17)18-3-2-9-21-18/h4-7,12,18,21H,2-3,8-11,13H2,1H3/t18-/m1/s1. The summed E-state index contributed by atoms with van der Waals surface area (Å²) in [5, 5.41) is 3.45. The molecule has 0 unspecified atom stereocenters. The van der Waals surface area contributed by atoms with Crippen molar-refractivity contribution in [1.82, 2.24) is 20.2 Å². The van der Waals surface area contributed by atoms with E-state index < -0.39 is 0 Å². The molecular weight excluding hydrogens is 312 g/mol.